The van der Waals surface area contributed by atoms with Crippen molar-refractivity contribution in [2.24, 2.45) is 0 Å². The second-order valence-electron chi connectivity index (χ2n) is 5.27. The molecule has 0 radical (unpaired) electrons. The number of tetrazole rings is 1. The van der Waals surface area contributed by atoms with Gasteiger partial charge in [-0.05, 0) is 34.7 Å². The van der Waals surface area contributed by atoms with Gasteiger partial charge in [-0.1, -0.05) is 11.8 Å². The highest BCUT2D eigenvalue weighted by Gasteiger charge is 2.31. The van der Waals surface area contributed by atoms with Gasteiger partial charge in [-0.2, -0.15) is 4.68 Å². The Hall–Kier alpha value is -2.83. The molecule has 0 bridgehead atoms. The van der Waals surface area contributed by atoms with Crippen molar-refractivity contribution in [3.63, 3.8) is 0 Å². The lowest BCUT2D eigenvalue weighted by Crippen LogP contribution is -2.37. The molecule has 2 aromatic rings. The molecule has 0 aliphatic heterocycles. The molecule has 0 spiro atoms. The number of carbonyl (C=O) groups is 2. The summed E-state index contributed by atoms with van der Waals surface area (Å²) >= 11 is 1.01. The van der Waals surface area contributed by atoms with E-state index in [-0.39, 0.29) is 29.1 Å². The average Bonchev–Trinajstić information content (AvgIpc) is 3.05. The molecular formula is C14H15F3N6O3S. The molecule has 1 N–H and O–H groups in total. The van der Waals surface area contributed by atoms with E-state index in [2.05, 4.69) is 25.6 Å². The Bertz CT molecular complexity index is 794. The minimum Gasteiger partial charge on any atom is -0.406 e. The fraction of sp³-hybridized carbons (Fsp3) is 0.357. The molecule has 0 aliphatic rings. The van der Waals surface area contributed by atoms with Crippen molar-refractivity contribution in [3.05, 3.63) is 24.3 Å². The first-order chi connectivity index (χ1) is 12.7. The standard InChI is InChI=1S/C14H15F3N6O3S/c1-22(2)12(25)7-18-11(24)8-27-13-19-20-21-23(13)9-3-5-10(6-4-9)26-14(15,16)17/h3-6H,7-8H2,1-2H3,(H,18,24). The quantitative estimate of drug-likeness (QED) is 0.683. The Morgan fingerprint density at radius 1 is 1.26 bits per heavy atom. The van der Waals surface area contributed by atoms with Gasteiger partial charge >= 0.3 is 6.36 Å². The Labute approximate surface area is 155 Å². The van der Waals surface area contributed by atoms with Crippen molar-refractivity contribution in [1.82, 2.24) is 30.4 Å². The van der Waals surface area contributed by atoms with Gasteiger partial charge in [0.25, 0.3) is 0 Å². The number of amides is 2. The van der Waals surface area contributed by atoms with Gasteiger partial charge in [0.05, 0.1) is 18.0 Å². The highest BCUT2D eigenvalue weighted by Crippen LogP contribution is 2.24. The minimum absolute atomic E-state index is 0.0453. The van der Waals surface area contributed by atoms with Gasteiger partial charge in [0, 0.05) is 14.1 Å². The third kappa shape index (κ3) is 6.44. The van der Waals surface area contributed by atoms with Gasteiger partial charge in [0.2, 0.25) is 17.0 Å². The summed E-state index contributed by atoms with van der Waals surface area (Å²) in [7, 11) is 3.14. The molecule has 0 atom stereocenters. The third-order valence-corrected chi connectivity index (χ3v) is 3.94. The van der Waals surface area contributed by atoms with Crippen molar-refractivity contribution in [2.45, 2.75) is 11.5 Å². The van der Waals surface area contributed by atoms with E-state index in [1.54, 1.807) is 14.1 Å². The molecule has 0 fully saturated rings. The molecule has 2 rings (SSSR count). The SMILES string of the molecule is CN(C)C(=O)CNC(=O)CSc1nnnn1-c1ccc(OC(F)(F)F)cc1. The van der Waals surface area contributed by atoms with E-state index in [0.29, 0.717) is 5.69 Å². The number of nitrogens with zero attached hydrogens (tertiary/aromatic N) is 5. The first-order valence-electron chi connectivity index (χ1n) is 7.40. The molecule has 1 aromatic carbocycles. The number of carbonyl (C=O) groups excluding carboxylic acids is 2. The van der Waals surface area contributed by atoms with Crippen LogP contribution in [-0.4, -0.2) is 69.7 Å². The van der Waals surface area contributed by atoms with Gasteiger partial charge in [-0.25, -0.2) is 0 Å². The summed E-state index contributed by atoms with van der Waals surface area (Å²) in [6.45, 7) is -0.127. The van der Waals surface area contributed by atoms with Gasteiger partial charge in [-0.15, -0.1) is 18.3 Å². The zero-order valence-electron chi connectivity index (χ0n) is 14.2. The minimum atomic E-state index is -4.78. The van der Waals surface area contributed by atoms with Crippen LogP contribution in [0.4, 0.5) is 13.2 Å². The van der Waals surface area contributed by atoms with Gasteiger partial charge in [0.15, 0.2) is 0 Å². The third-order valence-electron chi connectivity index (χ3n) is 3.02. The fourth-order valence-electron chi connectivity index (χ4n) is 1.73. The Kier molecular flexibility index (Phi) is 6.60. The summed E-state index contributed by atoms with van der Waals surface area (Å²) < 4.78 is 41.6. The molecule has 0 aliphatic carbocycles. The molecule has 1 aromatic heterocycles. The lowest BCUT2D eigenvalue weighted by Gasteiger charge is -2.11. The van der Waals surface area contributed by atoms with Gasteiger partial charge < -0.3 is 15.0 Å². The van der Waals surface area contributed by atoms with E-state index >= 15 is 0 Å². The van der Waals surface area contributed by atoms with E-state index in [1.165, 1.54) is 21.7 Å². The molecule has 1 heterocycles. The summed E-state index contributed by atoms with van der Waals surface area (Å²) in [4.78, 5) is 24.6. The Balaban J connectivity index is 1.95. The number of nitrogens with one attached hydrogen (secondary N) is 1. The number of hydrogen-bond donors (Lipinski definition) is 1. The first-order valence-corrected chi connectivity index (χ1v) is 8.38. The van der Waals surface area contributed by atoms with Gasteiger partial charge in [-0.3, -0.25) is 9.59 Å². The predicted molar refractivity (Wildman–Crippen MR) is 88.3 cm³/mol. The number of likely N-dealkylation sites (N-methyl/N-ethyl adjacent to an activating group) is 1. The second-order valence-corrected chi connectivity index (χ2v) is 6.21. The van der Waals surface area contributed by atoms with Crippen LogP contribution in [0.25, 0.3) is 5.69 Å². The van der Waals surface area contributed by atoms with Crippen LogP contribution in [0.1, 0.15) is 0 Å². The van der Waals surface area contributed by atoms with E-state index in [4.69, 9.17) is 0 Å². The summed E-state index contributed by atoms with van der Waals surface area (Å²) in [6, 6.07) is 4.94. The molecular weight excluding hydrogens is 389 g/mol. The predicted octanol–water partition coefficient (Wildman–Crippen LogP) is 0.857. The smallest absolute Gasteiger partial charge is 0.406 e. The Morgan fingerprint density at radius 3 is 2.52 bits per heavy atom. The number of aromatic nitrogens is 4. The van der Waals surface area contributed by atoms with Crippen LogP contribution >= 0.6 is 11.8 Å². The highest BCUT2D eigenvalue weighted by atomic mass is 32.2. The summed E-state index contributed by atoms with van der Waals surface area (Å²) in [5.74, 6) is -1.06. The molecule has 13 heteroatoms. The monoisotopic (exact) mass is 404 g/mol. The molecule has 0 unspecified atom stereocenters. The number of benzene rings is 1. The molecule has 0 saturated carbocycles. The number of hydrogen-bond acceptors (Lipinski definition) is 7. The topological polar surface area (TPSA) is 102 Å². The maximum atomic E-state index is 12.2. The van der Waals surface area contributed by atoms with Crippen molar-refractivity contribution in [3.8, 4) is 11.4 Å². The highest BCUT2D eigenvalue weighted by molar-refractivity contribution is 7.99. The largest absolute Gasteiger partial charge is 0.573 e. The lowest BCUT2D eigenvalue weighted by molar-refractivity contribution is -0.274. The van der Waals surface area contributed by atoms with Crippen LogP contribution in [-0.2, 0) is 9.59 Å². The van der Waals surface area contributed by atoms with Crippen molar-refractivity contribution in [2.75, 3.05) is 26.4 Å². The average molecular weight is 404 g/mol. The van der Waals surface area contributed by atoms with Crippen LogP contribution in [0.2, 0.25) is 0 Å². The van der Waals surface area contributed by atoms with E-state index < -0.39 is 12.3 Å². The zero-order chi connectivity index (χ0) is 20.0. The van der Waals surface area contributed by atoms with Crippen molar-refractivity contribution >= 4 is 23.6 Å². The van der Waals surface area contributed by atoms with Crippen LogP contribution < -0.4 is 10.1 Å². The second kappa shape index (κ2) is 8.70. The number of halogens is 3. The molecule has 146 valence electrons. The molecule has 9 nitrogen and oxygen atoms in total. The van der Waals surface area contributed by atoms with E-state index in [1.807, 2.05) is 0 Å². The summed E-state index contributed by atoms with van der Waals surface area (Å²) in [5, 5.41) is 13.7. The van der Waals surface area contributed by atoms with Gasteiger partial charge in [0.1, 0.15) is 5.75 Å². The number of thioether (sulfide) groups is 1. The number of ether oxygens (including phenoxy) is 1. The summed E-state index contributed by atoms with van der Waals surface area (Å²) in [5.41, 5.74) is 0.389. The molecule has 0 saturated heterocycles. The van der Waals surface area contributed by atoms with Crippen LogP contribution in [0, 0.1) is 0 Å². The van der Waals surface area contributed by atoms with Crippen LogP contribution in [0.5, 0.6) is 5.75 Å². The number of alkyl halides is 3. The number of rotatable bonds is 7. The first kappa shape index (κ1) is 20.5. The van der Waals surface area contributed by atoms with E-state index in [9.17, 15) is 22.8 Å². The van der Waals surface area contributed by atoms with Crippen molar-refractivity contribution in [1.29, 1.82) is 0 Å². The zero-order valence-corrected chi connectivity index (χ0v) is 15.0. The van der Waals surface area contributed by atoms with E-state index in [0.717, 1.165) is 23.9 Å². The van der Waals surface area contributed by atoms with Crippen LogP contribution in [0.3, 0.4) is 0 Å². The Morgan fingerprint density at radius 2 is 1.93 bits per heavy atom. The maximum absolute atomic E-state index is 12.2. The maximum Gasteiger partial charge on any atom is 0.573 e. The van der Waals surface area contributed by atoms with Crippen LogP contribution in [0.15, 0.2) is 29.4 Å². The lowest BCUT2D eigenvalue weighted by atomic mass is 10.3. The molecule has 27 heavy (non-hydrogen) atoms. The van der Waals surface area contributed by atoms with Crippen molar-refractivity contribution < 1.29 is 27.5 Å². The summed E-state index contributed by atoms with van der Waals surface area (Å²) in [6.07, 6.45) is -4.78. The normalized spacial score (nSPS) is 11.1. The molecule has 2 amide bonds. The fourth-order valence-corrected chi connectivity index (χ4v) is 2.45.